The van der Waals surface area contributed by atoms with E-state index >= 15 is 0 Å². The zero-order valence-corrected chi connectivity index (χ0v) is 13.3. The fourth-order valence-electron chi connectivity index (χ4n) is 1.52. The molecular formula is C16H20N2O3S. The van der Waals surface area contributed by atoms with Crippen LogP contribution in [0, 0.1) is 0 Å². The van der Waals surface area contributed by atoms with E-state index in [1.54, 1.807) is 24.5 Å². The van der Waals surface area contributed by atoms with E-state index in [4.69, 9.17) is 5.73 Å². The maximum atomic E-state index is 11.8. The highest BCUT2D eigenvalue weighted by molar-refractivity contribution is 7.79. The van der Waals surface area contributed by atoms with E-state index < -0.39 is 5.91 Å². The number of nitrogens with two attached hydrogens (primary N) is 1. The number of rotatable bonds is 6. The zero-order valence-electron chi connectivity index (χ0n) is 12.4. The molecule has 0 fully saturated rings. The van der Waals surface area contributed by atoms with Gasteiger partial charge in [0.2, 0.25) is 11.8 Å². The van der Waals surface area contributed by atoms with Gasteiger partial charge >= 0.3 is 0 Å². The first-order valence-corrected chi connectivity index (χ1v) is 7.18. The van der Waals surface area contributed by atoms with Gasteiger partial charge in [0.25, 0.3) is 0 Å². The van der Waals surface area contributed by atoms with Gasteiger partial charge in [0.1, 0.15) is 5.75 Å². The van der Waals surface area contributed by atoms with Crippen molar-refractivity contribution >= 4 is 30.1 Å². The van der Waals surface area contributed by atoms with Crippen molar-refractivity contribution in [3.63, 3.8) is 0 Å². The normalized spacial score (nSPS) is 10.0. The first-order valence-electron chi connectivity index (χ1n) is 6.29. The predicted octanol–water partition coefficient (Wildman–Crippen LogP) is 2.66. The molecule has 2 amide bonds. The Balaban J connectivity index is 0.00000211. The largest absolute Gasteiger partial charge is 0.506 e. The summed E-state index contributed by atoms with van der Waals surface area (Å²) in [5, 5.41) is 12.2. The Morgan fingerprint density at radius 3 is 2.50 bits per heavy atom. The second kappa shape index (κ2) is 10.3. The molecule has 0 aromatic heterocycles. The van der Waals surface area contributed by atoms with Crippen LogP contribution in [0.4, 0.5) is 5.69 Å². The minimum absolute atomic E-state index is 0.0791. The average Bonchev–Trinajstić information content (AvgIpc) is 2.50. The highest BCUT2D eigenvalue weighted by Crippen LogP contribution is 2.24. The van der Waals surface area contributed by atoms with Crippen molar-refractivity contribution in [2.75, 3.05) is 11.6 Å². The third kappa shape index (κ3) is 6.32. The van der Waals surface area contributed by atoms with Crippen molar-refractivity contribution in [1.82, 2.24) is 0 Å². The topological polar surface area (TPSA) is 92.4 Å². The minimum atomic E-state index is -0.640. The fraction of sp³-hybridized carbons (Fsp3) is 0.125. The standard InChI is InChI=1S/C15H16N2O3.CH4S/c1-3-5-10(4-2)8-14(19)17-12-9-11(15(16)20)6-7-13(12)18;1-2/h3-7,9,18H,1-2,8H2,(H2,16,20)(H,17,19);2H,1H3/b10-5+;. The van der Waals surface area contributed by atoms with Gasteiger partial charge in [-0.1, -0.05) is 31.4 Å². The Kier molecular flexibility index (Phi) is 9.13. The van der Waals surface area contributed by atoms with Crippen molar-refractivity contribution in [2.24, 2.45) is 5.73 Å². The van der Waals surface area contributed by atoms with Gasteiger partial charge in [-0.15, -0.1) is 0 Å². The van der Waals surface area contributed by atoms with E-state index in [2.05, 4.69) is 31.1 Å². The molecule has 0 radical (unpaired) electrons. The Bertz CT molecular complexity index is 595. The van der Waals surface area contributed by atoms with Gasteiger partial charge in [0.15, 0.2) is 0 Å². The second-order valence-electron chi connectivity index (χ2n) is 4.00. The zero-order chi connectivity index (χ0) is 17.1. The Morgan fingerprint density at radius 1 is 1.36 bits per heavy atom. The molecule has 0 spiro atoms. The third-order valence-corrected chi connectivity index (χ3v) is 2.51. The molecular weight excluding hydrogens is 300 g/mol. The molecule has 0 aliphatic heterocycles. The lowest BCUT2D eigenvalue weighted by Gasteiger charge is -2.08. The average molecular weight is 320 g/mol. The summed E-state index contributed by atoms with van der Waals surface area (Å²) in [6, 6.07) is 3.99. The Labute approximate surface area is 135 Å². The van der Waals surface area contributed by atoms with Crippen LogP contribution < -0.4 is 11.1 Å². The number of phenols is 1. The van der Waals surface area contributed by atoms with Crippen molar-refractivity contribution in [2.45, 2.75) is 6.42 Å². The summed E-state index contributed by atoms with van der Waals surface area (Å²) in [5.74, 6) is -1.13. The quantitative estimate of drug-likeness (QED) is 0.369. The van der Waals surface area contributed by atoms with Crippen LogP contribution in [0.5, 0.6) is 5.75 Å². The van der Waals surface area contributed by atoms with Crippen LogP contribution in [0.25, 0.3) is 0 Å². The number of carbonyl (C=O) groups excluding carboxylic acids is 2. The van der Waals surface area contributed by atoms with Gasteiger partial charge in [0.05, 0.1) is 12.1 Å². The van der Waals surface area contributed by atoms with Crippen LogP contribution in [-0.4, -0.2) is 23.2 Å². The van der Waals surface area contributed by atoms with Gasteiger partial charge in [-0.25, -0.2) is 0 Å². The summed E-state index contributed by atoms with van der Waals surface area (Å²) in [4.78, 5) is 22.9. The summed E-state index contributed by atoms with van der Waals surface area (Å²) < 4.78 is 0. The van der Waals surface area contributed by atoms with Gasteiger partial charge in [-0.05, 0) is 30.0 Å². The van der Waals surface area contributed by atoms with Crippen LogP contribution in [0.2, 0.25) is 0 Å². The van der Waals surface area contributed by atoms with Crippen molar-refractivity contribution in [1.29, 1.82) is 0 Å². The molecule has 5 nitrogen and oxygen atoms in total. The monoisotopic (exact) mass is 320 g/mol. The Morgan fingerprint density at radius 2 is 2.00 bits per heavy atom. The van der Waals surface area contributed by atoms with Gasteiger partial charge in [-0.2, -0.15) is 12.6 Å². The number of nitrogens with one attached hydrogen (secondary N) is 1. The SMILES string of the molecule is C=C/C=C(\C=C)CC(=O)Nc1cc(C(N)=O)ccc1O.CS. The number of primary amides is 1. The molecule has 1 aromatic rings. The molecule has 0 bridgehead atoms. The highest BCUT2D eigenvalue weighted by Gasteiger charge is 2.10. The Hall–Kier alpha value is -2.47. The number of phenolic OH excluding ortho intramolecular Hbond substituents is 1. The fourth-order valence-corrected chi connectivity index (χ4v) is 1.52. The second-order valence-corrected chi connectivity index (χ2v) is 4.00. The molecule has 4 N–H and O–H groups in total. The summed E-state index contributed by atoms with van der Waals surface area (Å²) >= 11 is 3.53. The molecule has 0 aliphatic rings. The highest BCUT2D eigenvalue weighted by atomic mass is 32.1. The number of benzene rings is 1. The van der Waals surface area contributed by atoms with E-state index in [0.717, 1.165) is 0 Å². The molecule has 1 aromatic carbocycles. The van der Waals surface area contributed by atoms with Crippen molar-refractivity contribution < 1.29 is 14.7 Å². The molecule has 0 saturated heterocycles. The number of aromatic hydroxyl groups is 1. The third-order valence-electron chi connectivity index (χ3n) is 2.51. The van der Waals surface area contributed by atoms with Crippen LogP contribution in [0.1, 0.15) is 16.8 Å². The number of amides is 2. The number of carbonyl (C=O) groups is 2. The number of thiol groups is 1. The molecule has 1 rings (SSSR count). The number of hydrogen-bond donors (Lipinski definition) is 4. The molecule has 0 aliphatic carbocycles. The molecule has 0 atom stereocenters. The summed E-state index contributed by atoms with van der Waals surface area (Å²) in [6.45, 7) is 7.13. The van der Waals surface area contributed by atoms with E-state index in [9.17, 15) is 14.7 Å². The first-order chi connectivity index (χ1) is 10.5. The molecule has 0 saturated carbocycles. The van der Waals surface area contributed by atoms with E-state index in [1.165, 1.54) is 18.2 Å². The lowest BCUT2D eigenvalue weighted by Crippen LogP contribution is -2.14. The van der Waals surface area contributed by atoms with Crippen LogP contribution >= 0.6 is 12.6 Å². The van der Waals surface area contributed by atoms with Gasteiger partial charge in [-0.3, -0.25) is 9.59 Å². The summed E-state index contributed by atoms with van der Waals surface area (Å²) in [7, 11) is 0. The van der Waals surface area contributed by atoms with E-state index in [0.29, 0.717) is 5.57 Å². The van der Waals surface area contributed by atoms with Crippen molar-refractivity contribution in [3.05, 3.63) is 60.7 Å². The van der Waals surface area contributed by atoms with Crippen LogP contribution in [-0.2, 0) is 4.79 Å². The molecule has 118 valence electrons. The van der Waals surface area contributed by atoms with E-state index in [1.807, 2.05) is 0 Å². The number of hydrogen-bond acceptors (Lipinski definition) is 4. The maximum Gasteiger partial charge on any atom is 0.248 e. The van der Waals surface area contributed by atoms with E-state index in [-0.39, 0.29) is 29.3 Å². The van der Waals surface area contributed by atoms with Crippen LogP contribution in [0.3, 0.4) is 0 Å². The first kappa shape index (κ1) is 19.5. The van der Waals surface area contributed by atoms with Gasteiger partial charge in [0, 0.05) is 5.56 Å². The number of allylic oxidation sites excluding steroid dienone is 3. The molecule has 6 heteroatoms. The molecule has 0 unspecified atom stereocenters. The number of anilines is 1. The van der Waals surface area contributed by atoms with Crippen LogP contribution in [0.15, 0.2) is 55.2 Å². The van der Waals surface area contributed by atoms with Gasteiger partial charge < -0.3 is 16.2 Å². The lowest BCUT2D eigenvalue weighted by atomic mass is 10.1. The molecule has 0 heterocycles. The minimum Gasteiger partial charge on any atom is -0.506 e. The van der Waals surface area contributed by atoms with Crippen molar-refractivity contribution in [3.8, 4) is 5.75 Å². The lowest BCUT2D eigenvalue weighted by molar-refractivity contribution is -0.115. The molecule has 22 heavy (non-hydrogen) atoms. The maximum absolute atomic E-state index is 11.8. The summed E-state index contributed by atoms with van der Waals surface area (Å²) in [6.07, 6.45) is 6.53. The smallest absolute Gasteiger partial charge is 0.248 e. The predicted molar refractivity (Wildman–Crippen MR) is 93.3 cm³/mol. The summed E-state index contributed by atoms with van der Waals surface area (Å²) in [5.41, 5.74) is 6.15.